The van der Waals surface area contributed by atoms with E-state index in [1.54, 1.807) is 12.1 Å². The molecule has 2 aliphatic rings. The molecule has 6 heteroatoms. The van der Waals surface area contributed by atoms with Crippen molar-refractivity contribution in [3.63, 3.8) is 0 Å². The summed E-state index contributed by atoms with van der Waals surface area (Å²) in [5, 5.41) is 12.3. The van der Waals surface area contributed by atoms with Crippen LogP contribution < -0.4 is 5.32 Å². The molecule has 130 valence electrons. The number of carbonyl (C=O) groups is 2. The number of hydrogen-bond donors (Lipinski definition) is 2. The second-order valence-corrected chi connectivity index (χ2v) is 6.95. The molecule has 0 saturated heterocycles. The van der Waals surface area contributed by atoms with Crippen molar-refractivity contribution in [2.75, 3.05) is 18.4 Å². The molecular formula is C18H23FN2O3. The smallest absolute Gasteiger partial charge is 0.317 e. The molecule has 0 amide bonds. The first-order valence-electron chi connectivity index (χ1n) is 8.46. The van der Waals surface area contributed by atoms with E-state index in [0.29, 0.717) is 11.6 Å². The summed E-state index contributed by atoms with van der Waals surface area (Å²) in [6.45, 7) is 2.28. The van der Waals surface area contributed by atoms with Gasteiger partial charge in [-0.15, -0.1) is 0 Å². The highest BCUT2D eigenvalue weighted by atomic mass is 19.1. The lowest BCUT2D eigenvalue weighted by Gasteiger charge is -2.43. The van der Waals surface area contributed by atoms with Gasteiger partial charge in [0, 0.05) is 24.3 Å². The third kappa shape index (κ3) is 3.93. The number of hydrogen-bond acceptors (Lipinski definition) is 4. The van der Waals surface area contributed by atoms with E-state index in [4.69, 9.17) is 5.11 Å². The summed E-state index contributed by atoms with van der Waals surface area (Å²) < 4.78 is 13.8. The van der Waals surface area contributed by atoms with Crippen LogP contribution in [0.3, 0.4) is 0 Å². The van der Waals surface area contributed by atoms with Crippen LogP contribution in [0.15, 0.2) is 18.2 Å². The average Bonchev–Trinajstić information content (AvgIpc) is 3.24. The normalized spacial score (nSPS) is 23.0. The standard InChI is InChI=1S/C18H23FN2O3/c1-11(22)18-15(19)3-2-4-16(18)20-13-7-14(8-13)21(10-17(23)24)9-12-5-6-12/h2-4,12-14,20H,5-10H2,1H3,(H,23,24). The van der Waals surface area contributed by atoms with Gasteiger partial charge < -0.3 is 10.4 Å². The fourth-order valence-corrected chi connectivity index (χ4v) is 3.37. The van der Waals surface area contributed by atoms with Crippen molar-refractivity contribution in [2.45, 2.75) is 44.7 Å². The Labute approximate surface area is 140 Å². The summed E-state index contributed by atoms with van der Waals surface area (Å²) in [6, 6.07) is 4.98. The van der Waals surface area contributed by atoms with E-state index >= 15 is 0 Å². The molecule has 0 atom stereocenters. The first-order valence-corrected chi connectivity index (χ1v) is 8.46. The Hall–Kier alpha value is -1.95. The summed E-state index contributed by atoms with van der Waals surface area (Å²) >= 11 is 0. The molecule has 1 aromatic carbocycles. The fourth-order valence-electron chi connectivity index (χ4n) is 3.37. The quantitative estimate of drug-likeness (QED) is 0.716. The number of carboxylic acids is 1. The second-order valence-electron chi connectivity index (χ2n) is 6.95. The molecule has 0 bridgehead atoms. The summed E-state index contributed by atoms with van der Waals surface area (Å²) in [6.07, 6.45) is 4.01. The number of aliphatic carboxylic acids is 1. The van der Waals surface area contributed by atoms with Crippen LogP contribution in [0.4, 0.5) is 10.1 Å². The van der Waals surface area contributed by atoms with Crippen LogP contribution in [-0.4, -0.2) is 46.9 Å². The molecule has 24 heavy (non-hydrogen) atoms. The van der Waals surface area contributed by atoms with E-state index in [-0.39, 0.29) is 30.0 Å². The maximum Gasteiger partial charge on any atom is 0.317 e. The number of carboxylic acid groups (broad SMARTS) is 1. The Morgan fingerprint density at radius 3 is 2.62 bits per heavy atom. The highest BCUT2D eigenvalue weighted by molar-refractivity contribution is 5.99. The largest absolute Gasteiger partial charge is 0.480 e. The lowest BCUT2D eigenvalue weighted by atomic mass is 9.84. The lowest BCUT2D eigenvalue weighted by Crippen LogP contribution is -2.52. The van der Waals surface area contributed by atoms with Gasteiger partial charge >= 0.3 is 5.97 Å². The molecule has 2 N–H and O–H groups in total. The van der Waals surface area contributed by atoms with Gasteiger partial charge in [-0.25, -0.2) is 4.39 Å². The van der Waals surface area contributed by atoms with Crippen LogP contribution in [0.2, 0.25) is 0 Å². The van der Waals surface area contributed by atoms with Crippen molar-refractivity contribution in [2.24, 2.45) is 5.92 Å². The van der Waals surface area contributed by atoms with Crippen LogP contribution >= 0.6 is 0 Å². The highest BCUT2D eigenvalue weighted by Crippen LogP contribution is 2.35. The monoisotopic (exact) mass is 334 g/mol. The van der Waals surface area contributed by atoms with E-state index < -0.39 is 11.8 Å². The topological polar surface area (TPSA) is 69.6 Å². The SMILES string of the molecule is CC(=O)c1c(F)cccc1NC1CC(N(CC(=O)O)CC2CC2)C1. The van der Waals surface area contributed by atoms with Gasteiger partial charge in [-0.1, -0.05) is 6.07 Å². The molecule has 0 aliphatic heterocycles. The molecule has 2 fully saturated rings. The summed E-state index contributed by atoms with van der Waals surface area (Å²) in [5.41, 5.74) is 0.624. The molecule has 2 aliphatic carbocycles. The number of nitrogens with one attached hydrogen (secondary N) is 1. The van der Waals surface area contributed by atoms with Crippen LogP contribution in [0.25, 0.3) is 0 Å². The number of ketones is 1. The van der Waals surface area contributed by atoms with E-state index in [0.717, 1.165) is 19.4 Å². The predicted octanol–water partition coefficient (Wildman–Crippen LogP) is 2.77. The van der Waals surface area contributed by atoms with Gasteiger partial charge in [0.1, 0.15) is 5.82 Å². The van der Waals surface area contributed by atoms with Gasteiger partial charge in [-0.2, -0.15) is 0 Å². The number of nitrogens with zero attached hydrogens (tertiary/aromatic N) is 1. The summed E-state index contributed by atoms with van der Waals surface area (Å²) in [5.74, 6) is -0.961. The zero-order valence-electron chi connectivity index (χ0n) is 13.8. The van der Waals surface area contributed by atoms with Crippen molar-refractivity contribution in [3.05, 3.63) is 29.6 Å². The lowest BCUT2D eigenvalue weighted by molar-refractivity contribution is -0.139. The van der Waals surface area contributed by atoms with Crippen molar-refractivity contribution >= 4 is 17.4 Å². The van der Waals surface area contributed by atoms with Gasteiger partial charge in [0.2, 0.25) is 0 Å². The predicted molar refractivity (Wildman–Crippen MR) is 88.8 cm³/mol. The maximum absolute atomic E-state index is 13.8. The molecule has 1 aromatic rings. The summed E-state index contributed by atoms with van der Waals surface area (Å²) in [7, 11) is 0. The average molecular weight is 334 g/mol. The van der Waals surface area contributed by atoms with Crippen molar-refractivity contribution < 1.29 is 19.1 Å². The van der Waals surface area contributed by atoms with Crippen LogP contribution in [-0.2, 0) is 4.79 Å². The highest BCUT2D eigenvalue weighted by Gasteiger charge is 2.37. The molecular weight excluding hydrogens is 311 g/mol. The Morgan fingerprint density at radius 1 is 1.33 bits per heavy atom. The van der Waals surface area contributed by atoms with Crippen molar-refractivity contribution in [3.8, 4) is 0 Å². The minimum absolute atomic E-state index is 0.0759. The fraction of sp³-hybridized carbons (Fsp3) is 0.556. The Balaban J connectivity index is 1.59. The maximum atomic E-state index is 13.8. The molecule has 5 nitrogen and oxygen atoms in total. The van der Waals surface area contributed by atoms with Gasteiger partial charge in [0.15, 0.2) is 5.78 Å². The van der Waals surface area contributed by atoms with E-state index in [9.17, 15) is 14.0 Å². The van der Waals surface area contributed by atoms with E-state index in [1.165, 1.54) is 25.8 Å². The third-order valence-electron chi connectivity index (χ3n) is 4.88. The van der Waals surface area contributed by atoms with Gasteiger partial charge in [-0.3, -0.25) is 14.5 Å². The molecule has 2 saturated carbocycles. The summed E-state index contributed by atoms with van der Waals surface area (Å²) in [4.78, 5) is 24.7. The molecule has 0 aromatic heterocycles. The molecule has 3 rings (SSSR count). The first kappa shape index (κ1) is 16.9. The minimum atomic E-state index is -0.795. The molecule has 0 radical (unpaired) electrons. The first-order chi connectivity index (χ1) is 11.4. The number of halogens is 1. The molecule has 0 heterocycles. The van der Waals surface area contributed by atoms with Crippen molar-refractivity contribution in [1.29, 1.82) is 0 Å². The van der Waals surface area contributed by atoms with Crippen LogP contribution in [0, 0.1) is 11.7 Å². The zero-order valence-corrected chi connectivity index (χ0v) is 13.8. The zero-order chi connectivity index (χ0) is 17.3. The number of rotatable bonds is 8. The Kier molecular flexibility index (Phi) is 4.85. The van der Waals surface area contributed by atoms with E-state index in [2.05, 4.69) is 10.2 Å². The number of benzene rings is 1. The van der Waals surface area contributed by atoms with E-state index in [1.807, 2.05) is 0 Å². The number of anilines is 1. The van der Waals surface area contributed by atoms with Gasteiger partial charge in [0.25, 0.3) is 0 Å². The van der Waals surface area contributed by atoms with Crippen LogP contribution in [0.1, 0.15) is 43.0 Å². The number of Topliss-reactive ketones (excluding diaryl/α,β-unsaturated/α-hetero) is 1. The van der Waals surface area contributed by atoms with Crippen LogP contribution in [0.5, 0.6) is 0 Å². The number of carbonyl (C=O) groups excluding carboxylic acids is 1. The second kappa shape index (κ2) is 6.89. The molecule has 0 unspecified atom stereocenters. The Morgan fingerprint density at radius 2 is 2.04 bits per heavy atom. The third-order valence-corrected chi connectivity index (χ3v) is 4.88. The Bertz CT molecular complexity index is 639. The minimum Gasteiger partial charge on any atom is -0.480 e. The van der Waals surface area contributed by atoms with Gasteiger partial charge in [0.05, 0.1) is 12.1 Å². The van der Waals surface area contributed by atoms with Gasteiger partial charge in [-0.05, 0) is 50.7 Å². The van der Waals surface area contributed by atoms with Crippen molar-refractivity contribution in [1.82, 2.24) is 4.90 Å². The molecule has 0 spiro atoms.